The molecule has 1 aromatic heterocycles. The van der Waals surface area contributed by atoms with E-state index in [1.807, 2.05) is 61.5 Å². The first-order chi connectivity index (χ1) is 11.1. The predicted octanol–water partition coefficient (Wildman–Crippen LogP) is 5.31. The van der Waals surface area contributed by atoms with Gasteiger partial charge in [-0.05, 0) is 20.2 Å². The van der Waals surface area contributed by atoms with E-state index < -0.39 is 0 Å². The van der Waals surface area contributed by atoms with Crippen molar-refractivity contribution in [3.8, 4) is 11.3 Å². The second-order valence-corrected chi connectivity index (χ2v) is 6.17. The Hall–Kier alpha value is -1.81. The highest BCUT2D eigenvalue weighted by Gasteiger charge is 2.22. The Morgan fingerprint density at radius 3 is 2.46 bits per heavy atom. The zero-order valence-electron chi connectivity index (χ0n) is 13.6. The molecule has 0 aliphatic rings. The Kier molecular flexibility index (Phi) is 6.05. The fourth-order valence-corrected chi connectivity index (χ4v) is 2.82. The van der Waals surface area contributed by atoms with Crippen LogP contribution >= 0.6 is 24.0 Å². The van der Waals surface area contributed by atoms with Gasteiger partial charge >= 0.3 is 0 Å². The van der Waals surface area contributed by atoms with E-state index in [4.69, 9.17) is 16.0 Å². The summed E-state index contributed by atoms with van der Waals surface area (Å²) in [6, 6.07) is 15.2. The van der Waals surface area contributed by atoms with Crippen LogP contribution in [0.15, 0.2) is 52.9 Å². The number of rotatable bonds is 5. The van der Waals surface area contributed by atoms with Crippen molar-refractivity contribution in [2.45, 2.75) is 6.42 Å². The molecule has 3 nitrogen and oxygen atoms in total. The molecule has 0 atom stereocenters. The maximum Gasteiger partial charge on any atom is 0.168 e. The Balaban J connectivity index is 0.00000208. The van der Waals surface area contributed by atoms with E-state index in [1.165, 1.54) is 0 Å². The maximum atomic E-state index is 12.8. The van der Waals surface area contributed by atoms with Gasteiger partial charge in [0.15, 0.2) is 11.4 Å². The normalized spacial score (nSPS) is 10.8. The molecule has 5 heteroatoms. The summed E-state index contributed by atoms with van der Waals surface area (Å²) in [7, 11) is 3.91. The largest absolute Gasteiger partial charge is 0.454 e. The van der Waals surface area contributed by atoms with Gasteiger partial charge in [-0.3, -0.25) is 4.79 Å². The number of nitrogens with zero attached hydrogens (tertiary/aromatic N) is 1. The zero-order chi connectivity index (χ0) is 16.4. The molecular weight excluding hydrogens is 345 g/mol. The van der Waals surface area contributed by atoms with E-state index >= 15 is 0 Å². The number of halogens is 2. The highest BCUT2D eigenvalue weighted by atomic mass is 35.5. The van der Waals surface area contributed by atoms with E-state index in [2.05, 4.69) is 0 Å². The topological polar surface area (TPSA) is 33.5 Å². The second-order valence-electron chi connectivity index (χ2n) is 5.77. The number of hydrogen-bond donors (Lipinski definition) is 0. The number of para-hydroxylation sites is 1. The Labute approximate surface area is 152 Å². The number of carbonyl (C=O) groups excluding carboxylic acids is 1. The summed E-state index contributed by atoms with van der Waals surface area (Å²) in [6.07, 6.45) is 0.438. The first kappa shape index (κ1) is 18.5. The summed E-state index contributed by atoms with van der Waals surface area (Å²) < 4.78 is 5.98. The summed E-state index contributed by atoms with van der Waals surface area (Å²) >= 11 is 6.25. The van der Waals surface area contributed by atoms with Gasteiger partial charge in [0.2, 0.25) is 0 Å². The van der Waals surface area contributed by atoms with Gasteiger partial charge in [-0.15, -0.1) is 12.4 Å². The van der Waals surface area contributed by atoms with E-state index in [0.717, 1.165) is 10.9 Å². The highest BCUT2D eigenvalue weighted by Crippen LogP contribution is 2.37. The predicted molar refractivity (Wildman–Crippen MR) is 101 cm³/mol. The molecule has 0 amide bonds. The van der Waals surface area contributed by atoms with Gasteiger partial charge in [-0.2, -0.15) is 0 Å². The van der Waals surface area contributed by atoms with Crippen molar-refractivity contribution in [2.24, 2.45) is 0 Å². The van der Waals surface area contributed by atoms with E-state index in [9.17, 15) is 4.79 Å². The van der Waals surface area contributed by atoms with Gasteiger partial charge in [0.1, 0.15) is 5.76 Å². The van der Waals surface area contributed by atoms with Gasteiger partial charge < -0.3 is 9.32 Å². The van der Waals surface area contributed by atoms with Gasteiger partial charge in [0.05, 0.1) is 10.6 Å². The molecule has 126 valence electrons. The van der Waals surface area contributed by atoms with Crippen LogP contribution < -0.4 is 0 Å². The first-order valence-electron chi connectivity index (χ1n) is 7.52. The van der Waals surface area contributed by atoms with Crippen molar-refractivity contribution in [1.82, 2.24) is 4.90 Å². The minimum absolute atomic E-state index is 0. The molecule has 24 heavy (non-hydrogen) atoms. The minimum atomic E-state index is 0. The lowest BCUT2D eigenvalue weighted by Crippen LogP contribution is -2.16. The van der Waals surface area contributed by atoms with E-state index in [0.29, 0.717) is 34.9 Å². The Morgan fingerprint density at radius 2 is 1.79 bits per heavy atom. The molecule has 2 aromatic carbocycles. The lowest BCUT2D eigenvalue weighted by atomic mass is 10.0. The lowest BCUT2D eigenvalue weighted by molar-refractivity contribution is 0.0974. The third kappa shape index (κ3) is 3.64. The number of Topliss-reactive ketones (excluding diaryl/α,β-unsaturated/α-hetero) is 1. The summed E-state index contributed by atoms with van der Waals surface area (Å²) in [6.45, 7) is 0.695. The molecule has 0 aliphatic heterocycles. The maximum absolute atomic E-state index is 12.8. The minimum Gasteiger partial charge on any atom is -0.454 e. The van der Waals surface area contributed by atoms with Crippen LogP contribution in [0.3, 0.4) is 0 Å². The number of ketones is 1. The van der Waals surface area contributed by atoms with Crippen molar-refractivity contribution >= 4 is 40.8 Å². The molecule has 0 saturated heterocycles. The summed E-state index contributed by atoms with van der Waals surface area (Å²) in [5.41, 5.74) is 2.07. The molecule has 0 spiro atoms. The second kappa shape index (κ2) is 7.84. The molecule has 3 rings (SSSR count). The van der Waals surface area contributed by atoms with Crippen molar-refractivity contribution in [3.05, 3.63) is 59.1 Å². The SMILES string of the molecule is CN(C)CCC(=O)c1c(-c2ccccc2)oc2c(Cl)cccc12.Cl. The average Bonchev–Trinajstić information content (AvgIpc) is 2.94. The summed E-state index contributed by atoms with van der Waals surface area (Å²) in [5, 5.41) is 1.30. The molecule has 0 aliphatic carbocycles. The number of carbonyl (C=O) groups is 1. The molecule has 0 saturated carbocycles. The number of hydrogen-bond acceptors (Lipinski definition) is 3. The van der Waals surface area contributed by atoms with Crippen LogP contribution in [0.5, 0.6) is 0 Å². The van der Waals surface area contributed by atoms with Crippen LogP contribution in [-0.4, -0.2) is 31.3 Å². The van der Waals surface area contributed by atoms with Crippen LogP contribution in [0.25, 0.3) is 22.3 Å². The fourth-order valence-electron chi connectivity index (χ4n) is 2.60. The van der Waals surface area contributed by atoms with Gasteiger partial charge in [0, 0.05) is 23.9 Å². The van der Waals surface area contributed by atoms with Crippen LogP contribution in [0.1, 0.15) is 16.8 Å². The highest BCUT2D eigenvalue weighted by molar-refractivity contribution is 6.35. The third-order valence-corrected chi connectivity index (χ3v) is 4.07. The summed E-state index contributed by atoms with van der Waals surface area (Å²) in [4.78, 5) is 14.8. The number of furan rings is 1. The zero-order valence-corrected chi connectivity index (χ0v) is 15.2. The van der Waals surface area contributed by atoms with E-state index in [1.54, 1.807) is 6.07 Å². The molecule has 1 heterocycles. The van der Waals surface area contributed by atoms with Crippen LogP contribution in [0.4, 0.5) is 0 Å². The van der Waals surface area contributed by atoms with Crippen LogP contribution in [0, 0.1) is 0 Å². The van der Waals surface area contributed by atoms with Crippen LogP contribution in [0.2, 0.25) is 5.02 Å². The molecule has 0 bridgehead atoms. The fraction of sp³-hybridized carbons (Fsp3) is 0.211. The Morgan fingerprint density at radius 1 is 1.08 bits per heavy atom. The van der Waals surface area contributed by atoms with Crippen molar-refractivity contribution in [3.63, 3.8) is 0 Å². The Bertz CT molecular complexity index is 841. The molecule has 3 aromatic rings. The third-order valence-electron chi connectivity index (χ3n) is 3.77. The summed E-state index contributed by atoms with van der Waals surface area (Å²) in [5.74, 6) is 0.663. The lowest BCUT2D eigenvalue weighted by Gasteiger charge is -2.08. The molecule has 0 radical (unpaired) electrons. The molecule has 0 fully saturated rings. The van der Waals surface area contributed by atoms with E-state index in [-0.39, 0.29) is 18.2 Å². The average molecular weight is 364 g/mol. The number of fused-ring (bicyclic) bond motifs is 1. The first-order valence-corrected chi connectivity index (χ1v) is 7.90. The van der Waals surface area contributed by atoms with Crippen molar-refractivity contribution < 1.29 is 9.21 Å². The standard InChI is InChI=1S/C19H18ClNO2.ClH/c1-21(2)12-11-16(22)17-14-9-6-10-15(20)19(14)23-18(17)13-7-4-3-5-8-13;/h3-10H,11-12H2,1-2H3;1H. The molecular formula is C19H19Cl2NO2. The van der Waals surface area contributed by atoms with Crippen molar-refractivity contribution in [2.75, 3.05) is 20.6 Å². The molecule has 0 N–H and O–H groups in total. The van der Waals surface area contributed by atoms with Crippen molar-refractivity contribution in [1.29, 1.82) is 0 Å². The van der Waals surface area contributed by atoms with Gasteiger partial charge in [0.25, 0.3) is 0 Å². The van der Waals surface area contributed by atoms with Gasteiger partial charge in [-0.1, -0.05) is 54.1 Å². The number of benzene rings is 2. The molecule has 0 unspecified atom stereocenters. The monoisotopic (exact) mass is 363 g/mol. The smallest absolute Gasteiger partial charge is 0.168 e. The van der Waals surface area contributed by atoms with Crippen LogP contribution in [-0.2, 0) is 0 Å². The van der Waals surface area contributed by atoms with Gasteiger partial charge in [-0.25, -0.2) is 0 Å². The quantitative estimate of drug-likeness (QED) is 0.576.